The van der Waals surface area contributed by atoms with Gasteiger partial charge in [0, 0.05) is 12.6 Å². The topological polar surface area (TPSA) is 32.3 Å². The summed E-state index contributed by atoms with van der Waals surface area (Å²) in [5, 5.41) is 3.38. The highest BCUT2D eigenvalue weighted by Gasteiger charge is 2.36. The van der Waals surface area contributed by atoms with Gasteiger partial charge in [0.05, 0.1) is 5.92 Å². The maximum absolute atomic E-state index is 12.8. The van der Waals surface area contributed by atoms with Gasteiger partial charge in [0.25, 0.3) is 0 Å². The number of rotatable bonds is 2. The predicted octanol–water partition coefficient (Wildman–Crippen LogP) is 2.32. The molecule has 0 radical (unpaired) electrons. The van der Waals surface area contributed by atoms with E-state index in [1.165, 1.54) is 37.1 Å². The molecule has 3 heteroatoms. The molecule has 3 heterocycles. The van der Waals surface area contributed by atoms with Crippen molar-refractivity contribution in [2.75, 3.05) is 19.6 Å². The van der Waals surface area contributed by atoms with Crippen LogP contribution in [0.1, 0.15) is 42.7 Å². The van der Waals surface area contributed by atoms with Gasteiger partial charge in [-0.3, -0.25) is 4.79 Å². The fourth-order valence-corrected chi connectivity index (χ4v) is 4.44. The highest BCUT2D eigenvalue weighted by molar-refractivity contribution is 5.84. The van der Waals surface area contributed by atoms with Crippen LogP contribution in [0, 0.1) is 5.92 Å². The zero-order chi connectivity index (χ0) is 14.2. The molecule has 2 atom stereocenters. The lowest BCUT2D eigenvalue weighted by Crippen LogP contribution is -2.57. The molecule has 0 aromatic heterocycles. The van der Waals surface area contributed by atoms with Crippen molar-refractivity contribution < 1.29 is 4.79 Å². The Morgan fingerprint density at radius 2 is 1.95 bits per heavy atom. The summed E-state index contributed by atoms with van der Waals surface area (Å²) in [7, 11) is 0. The summed E-state index contributed by atoms with van der Waals surface area (Å²) < 4.78 is 0. The van der Waals surface area contributed by atoms with Crippen LogP contribution in [0.5, 0.6) is 0 Å². The van der Waals surface area contributed by atoms with Gasteiger partial charge in [0.1, 0.15) is 0 Å². The minimum atomic E-state index is 0.0744. The number of hydrogen-bond acceptors (Lipinski definition) is 2. The smallest absolute Gasteiger partial charge is 0.227 e. The molecule has 1 aromatic carbocycles. The monoisotopic (exact) mass is 284 g/mol. The Morgan fingerprint density at radius 3 is 2.71 bits per heavy atom. The predicted molar refractivity (Wildman–Crippen MR) is 83.2 cm³/mol. The quantitative estimate of drug-likeness (QED) is 0.904. The summed E-state index contributed by atoms with van der Waals surface area (Å²) in [6.07, 6.45) is 5.78. The van der Waals surface area contributed by atoms with Gasteiger partial charge in [0.2, 0.25) is 5.91 Å². The Bertz CT molecular complexity index is 534. The van der Waals surface area contributed by atoms with Crippen LogP contribution in [0.2, 0.25) is 0 Å². The van der Waals surface area contributed by atoms with Crippen molar-refractivity contribution in [2.45, 2.75) is 44.1 Å². The lowest BCUT2D eigenvalue weighted by Gasteiger charge is -2.45. The van der Waals surface area contributed by atoms with Gasteiger partial charge in [-0.1, -0.05) is 24.3 Å². The van der Waals surface area contributed by atoms with E-state index in [1.807, 2.05) is 0 Å². The molecular formula is C18H24N2O. The summed E-state index contributed by atoms with van der Waals surface area (Å²) in [6, 6.07) is 8.87. The van der Waals surface area contributed by atoms with E-state index in [0.29, 0.717) is 12.0 Å². The summed E-state index contributed by atoms with van der Waals surface area (Å²) in [5.74, 6) is 1.05. The van der Waals surface area contributed by atoms with Gasteiger partial charge < -0.3 is 10.2 Å². The number of nitrogens with one attached hydrogen (secondary N) is 1. The highest BCUT2D eigenvalue weighted by Crippen LogP contribution is 2.33. The first-order valence-corrected chi connectivity index (χ1v) is 8.42. The molecule has 3 fully saturated rings. The number of fused-ring (bicyclic) bond motifs is 4. The van der Waals surface area contributed by atoms with Gasteiger partial charge in [-0.25, -0.2) is 0 Å². The van der Waals surface area contributed by atoms with Crippen LogP contribution in [-0.4, -0.2) is 36.5 Å². The minimum Gasteiger partial charge on any atom is -0.351 e. The third-order valence-corrected chi connectivity index (χ3v) is 5.67. The number of carbonyl (C=O) groups is 1. The molecule has 3 nitrogen and oxygen atoms in total. The summed E-state index contributed by atoms with van der Waals surface area (Å²) in [5.41, 5.74) is 2.64. The van der Waals surface area contributed by atoms with Crippen molar-refractivity contribution in [3.63, 3.8) is 0 Å². The summed E-state index contributed by atoms with van der Waals surface area (Å²) in [4.78, 5) is 15.3. The first-order valence-electron chi connectivity index (χ1n) is 8.42. The van der Waals surface area contributed by atoms with Gasteiger partial charge in [-0.2, -0.15) is 0 Å². The SMILES string of the molecule is O=C(N[C@@H]1CN2CCC1CC2)[C@@H]1CCCc2ccccc21. The molecule has 4 aliphatic rings. The number of nitrogens with zero attached hydrogens (tertiary/aromatic N) is 1. The van der Waals surface area contributed by atoms with E-state index >= 15 is 0 Å². The highest BCUT2D eigenvalue weighted by atomic mass is 16.2. The molecule has 0 saturated carbocycles. The molecule has 2 bridgehead atoms. The van der Waals surface area contributed by atoms with Crippen molar-refractivity contribution in [3.8, 4) is 0 Å². The number of benzene rings is 1. The van der Waals surface area contributed by atoms with Crippen LogP contribution in [0.3, 0.4) is 0 Å². The van der Waals surface area contributed by atoms with E-state index in [-0.39, 0.29) is 11.8 Å². The van der Waals surface area contributed by atoms with Crippen LogP contribution in [-0.2, 0) is 11.2 Å². The van der Waals surface area contributed by atoms with Crippen LogP contribution < -0.4 is 5.32 Å². The summed E-state index contributed by atoms with van der Waals surface area (Å²) >= 11 is 0. The first-order chi connectivity index (χ1) is 10.3. The first kappa shape index (κ1) is 13.3. The molecule has 5 rings (SSSR count). The molecule has 0 spiro atoms. The Balaban J connectivity index is 1.49. The van der Waals surface area contributed by atoms with Crippen molar-refractivity contribution in [1.82, 2.24) is 10.2 Å². The van der Waals surface area contributed by atoms with Gasteiger partial charge >= 0.3 is 0 Å². The zero-order valence-corrected chi connectivity index (χ0v) is 12.6. The fraction of sp³-hybridized carbons (Fsp3) is 0.611. The second-order valence-corrected chi connectivity index (χ2v) is 6.90. The largest absolute Gasteiger partial charge is 0.351 e. The molecule has 3 aliphatic heterocycles. The lowest BCUT2D eigenvalue weighted by atomic mass is 9.80. The van der Waals surface area contributed by atoms with Crippen molar-refractivity contribution in [2.24, 2.45) is 5.92 Å². The molecule has 1 amide bonds. The maximum atomic E-state index is 12.8. The molecule has 0 unspecified atom stereocenters. The third kappa shape index (κ3) is 2.48. The van der Waals surface area contributed by atoms with Crippen LogP contribution in [0.4, 0.5) is 0 Å². The molecule has 112 valence electrons. The number of hydrogen-bond donors (Lipinski definition) is 1. The number of carbonyl (C=O) groups excluding carboxylic acids is 1. The Labute approximate surface area is 126 Å². The molecular weight excluding hydrogens is 260 g/mol. The van der Waals surface area contributed by atoms with E-state index < -0.39 is 0 Å². The average Bonchev–Trinajstić information content (AvgIpc) is 2.55. The second-order valence-electron chi connectivity index (χ2n) is 6.90. The molecule has 21 heavy (non-hydrogen) atoms. The summed E-state index contributed by atoms with van der Waals surface area (Å²) in [6.45, 7) is 3.51. The number of aryl methyl sites for hydroxylation is 1. The number of piperidine rings is 3. The third-order valence-electron chi connectivity index (χ3n) is 5.67. The van der Waals surface area contributed by atoms with Crippen molar-refractivity contribution in [1.29, 1.82) is 0 Å². The van der Waals surface area contributed by atoms with E-state index in [4.69, 9.17) is 0 Å². The Kier molecular flexibility index (Phi) is 3.46. The normalized spacial score (nSPS) is 34.3. The van der Waals surface area contributed by atoms with E-state index in [2.05, 4.69) is 34.5 Å². The van der Waals surface area contributed by atoms with Crippen LogP contribution in [0.15, 0.2) is 24.3 Å². The van der Waals surface area contributed by atoms with Crippen molar-refractivity contribution >= 4 is 5.91 Å². The van der Waals surface area contributed by atoms with Gasteiger partial charge in [-0.05, 0) is 62.2 Å². The Morgan fingerprint density at radius 1 is 1.14 bits per heavy atom. The second kappa shape index (κ2) is 5.45. The van der Waals surface area contributed by atoms with Crippen LogP contribution in [0.25, 0.3) is 0 Å². The van der Waals surface area contributed by atoms with E-state index in [9.17, 15) is 4.79 Å². The zero-order valence-electron chi connectivity index (χ0n) is 12.6. The van der Waals surface area contributed by atoms with E-state index in [0.717, 1.165) is 25.8 Å². The molecule has 3 saturated heterocycles. The number of amides is 1. The molecule has 1 N–H and O–H groups in total. The average molecular weight is 284 g/mol. The Hall–Kier alpha value is -1.35. The maximum Gasteiger partial charge on any atom is 0.227 e. The van der Waals surface area contributed by atoms with Gasteiger partial charge in [0.15, 0.2) is 0 Å². The van der Waals surface area contributed by atoms with Crippen molar-refractivity contribution in [3.05, 3.63) is 35.4 Å². The standard InChI is InChI=1S/C18H24N2O/c21-18(19-17-12-20-10-8-14(17)9-11-20)16-7-3-5-13-4-1-2-6-15(13)16/h1-2,4,6,14,16-17H,3,5,7-12H2,(H,19,21)/t16-,17-/m1/s1. The lowest BCUT2D eigenvalue weighted by molar-refractivity contribution is -0.125. The minimum absolute atomic E-state index is 0.0744. The molecule has 1 aromatic rings. The van der Waals surface area contributed by atoms with Gasteiger partial charge in [-0.15, -0.1) is 0 Å². The fourth-order valence-electron chi connectivity index (χ4n) is 4.44. The van der Waals surface area contributed by atoms with Crippen LogP contribution >= 0.6 is 0 Å². The van der Waals surface area contributed by atoms with E-state index in [1.54, 1.807) is 0 Å². The molecule has 1 aliphatic carbocycles.